The monoisotopic (exact) mass is 379 g/mol. The summed E-state index contributed by atoms with van der Waals surface area (Å²) in [6.07, 6.45) is 0.906. The zero-order valence-electron chi connectivity index (χ0n) is 16.9. The van der Waals surface area contributed by atoms with E-state index in [2.05, 4.69) is 20.4 Å². The van der Waals surface area contributed by atoms with Crippen molar-refractivity contribution in [3.8, 4) is 5.95 Å². The van der Waals surface area contributed by atoms with Crippen molar-refractivity contribution in [1.29, 1.82) is 0 Å². The highest BCUT2D eigenvalue weighted by molar-refractivity contribution is 5.91. The van der Waals surface area contributed by atoms with Gasteiger partial charge in [0, 0.05) is 29.6 Å². The molecular formula is C21H25N5O2. The first-order valence-electron chi connectivity index (χ1n) is 9.25. The average Bonchev–Trinajstić information content (AvgIpc) is 2.90. The number of carbonyl (C=O) groups is 1. The highest BCUT2D eigenvalue weighted by atomic mass is 16.1. The van der Waals surface area contributed by atoms with Crippen LogP contribution in [0.4, 0.5) is 5.69 Å². The van der Waals surface area contributed by atoms with Gasteiger partial charge in [-0.3, -0.25) is 14.6 Å². The van der Waals surface area contributed by atoms with Gasteiger partial charge in [-0.15, -0.1) is 0 Å². The fraction of sp³-hybridized carbons (Fsp3) is 0.333. The lowest BCUT2D eigenvalue weighted by Gasteiger charge is -2.10. The first-order valence-corrected chi connectivity index (χ1v) is 9.25. The van der Waals surface area contributed by atoms with Crippen LogP contribution < -0.4 is 10.9 Å². The normalized spacial score (nSPS) is 10.9. The number of H-pyrrole nitrogens is 1. The van der Waals surface area contributed by atoms with E-state index in [0.29, 0.717) is 24.5 Å². The van der Waals surface area contributed by atoms with Crippen LogP contribution in [0.25, 0.3) is 5.95 Å². The van der Waals surface area contributed by atoms with Crippen molar-refractivity contribution in [3.05, 3.63) is 68.4 Å². The Kier molecular flexibility index (Phi) is 5.44. The molecule has 2 N–H and O–H groups in total. The predicted molar refractivity (Wildman–Crippen MR) is 109 cm³/mol. The third kappa shape index (κ3) is 4.03. The molecule has 7 nitrogen and oxygen atoms in total. The Balaban J connectivity index is 1.76. The summed E-state index contributed by atoms with van der Waals surface area (Å²) in [4.78, 5) is 31.2. The third-order valence-corrected chi connectivity index (χ3v) is 4.98. The summed E-state index contributed by atoms with van der Waals surface area (Å²) in [6, 6.07) is 7.31. The predicted octanol–water partition coefficient (Wildman–Crippen LogP) is 3.07. The second-order valence-electron chi connectivity index (χ2n) is 7.07. The Morgan fingerprint density at radius 1 is 1.18 bits per heavy atom. The number of aromatic nitrogens is 4. The third-order valence-electron chi connectivity index (χ3n) is 4.98. The molecule has 3 aromatic rings. The van der Waals surface area contributed by atoms with Gasteiger partial charge in [0.1, 0.15) is 0 Å². The Morgan fingerprint density at radius 2 is 1.93 bits per heavy atom. The fourth-order valence-corrected chi connectivity index (χ4v) is 3.24. The molecule has 0 bridgehead atoms. The summed E-state index contributed by atoms with van der Waals surface area (Å²) in [6.45, 7) is 9.60. The average molecular weight is 379 g/mol. The Hall–Kier alpha value is -3.22. The van der Waals surface area contributed by atoms with Gasteiger partial charge in [0.05, 0.1) is 5.69 Å². The topological polar surface area (TPSA) is 92.7 Å². The lowest BCUT2D eigenvalue weighted by atomic mass is 10.1. The lowest BCUT2D eigenvalue weighted by molar-refractivity contribution is -0.116. The molecule has 1 aromatic carbocycles. The van der Waals surface area contributed by atoms with Crippen molar-refractivity contribution in [2.45, 2.75) is 47.5 Å². The molecule has 0 aliphatic heterocycles. The molecule has 2 aromatic heterocycles. The van der Waals surface area contributed by atoms with E-state index in [9.17, 15) is 9.59 Å². The minimum absolute atomic E-state index is 0.0395. The number of hydrogen-bond donors (Lipinski definition) is 2. The molecule has 0 aliphatic rings. The van der Waals surface area contributed by atoms with Crippen molar-refractivity contribution in [1.82, 2.24) is 19.7 Å². The van der Waals surface area contributed by atoms with Crippen molar-refractivity contribution in [3.63, 3.8) is 0 Å². The molecule has 0 atom stereocenters. The number of rotatable bonds is 5. The van der Waals surface area contributed by atoms with E-state index in [0.717, 1.165) is 33.8 Å². The van der Waals surface area contributed by atoms with Crippen LogP contribution in [0.1, 0.15) is 40.2 Å². The van der Waals surface area contributed by atoms with Crippen molar-refractivity contribution in [2.75, 3.05) is 5.32 Å². The molecule has 146 valence electrons. The van der Waals surface area contributed by atoms with Crippen molar-refractivity contribution >= 4 is 11.6 Å². The van der Waals surface area contributed by atoms with Crippen LogP contribution in [0, 0.1) is 34.6 Å². The van der Waals surface area contributed by atoms with Crippen LogP contribution in [0.3, 0.4) is 0 Å². The Bertz CT molecular complexity index is 1090. The van der Waals surface area contributed by atoms with Crippen LogP contribution >= 0.6 is 0 Å². The van der Waals surface area contributed by atoms with E-state index in [4.69, 9.17) is 0 Å². The molecule has 3 rings (SSSR count). The second kappa shape index (κ2) is 7.80. The number of nitrogens with one attached hydrogen (secondary N) is 2. The van der Waals surface area contributed by atoms with Gasteiger partial charge in [-0.25, -0.2) is 9.67 Å². The lowest BCUT2D eigenvalue weighted by Crippen LogP contribution is -2.15. The summed E-state index contributed by atoms with van der Waals surface area (Å²) in [7, 11) is 0. The molecule has 0 saturated heterocycles. The van der Waals surface area contributed by atoms with Gasteiger partial charge in [0.25, 0.3) is 5.56 Å². The summed E-state index contributed by atoms with van der Waals surface area (Å²) in [5, 5.41) is 7.49. The number of carbonyl (C=O) groups excluding carboxylic acids is 1. The maximum Gasteiger partial charge on any atom is 0.252 e. The summed E-state index contributed by atoms with van der Waals surface area (Å²) in [5.41, 5.74) is 6.14. The maximum absolute atomic E-state index is 12.4. The summed E-state index contributed by atoms with van der Waals surface area (Å²) >= 11 is 0. The van der Waals surface area contributed by atoms with Gasteiger partial charge < -0.3 is 5.32 Å². The minimum Gasteiger partial charge on any atom is -0.326 e. The van der Waals surface area contributed by atoms with Crippen molar-refractivity contribution in [2.24, 2.45) is 0 Å². The largest absolute Gasteiger partial charge is 0.326 e. The zero-order chi connectivity index (χ0) is 20.4. The van der Waals surface area contributed by atoms with E-state index in [-0.39, 0.29) is 11.5 Å². The van der Waals surface area contributed by atoms with E-state index >= 15 is 0 Å². The molecule has 0 aliphatic carbocycles. The number of amides is 1. The van der Waals surface area contributed by atoms with Crippen LogP contribution in [0.5, 0.6) is 0 Å². The summed E-state index contributed by atoms with van der Waals surface area (Å²) < 4.78 is 1.63. The van der Waals surface area contributed by atoms with Crippen LogP contribution in [-0.2, 0) is 11.2 Å². The summed E-state index contributed by atoms with van der Waals surface area (Å²) in [5.74, 6) is 0.346. The van der Waals surface area contributed by atoms with Gasteiger partial charge >= 0.3 is 0 Å². The quantitative estimate of drug-likeness (QED) is 0.712. The highest BCUT2D eigenvalue weighted by Gasteiger charge is 2.16. The van der Waals surface area contributed by atoms with Crippen LogP contribution in [0.15, 0.2) is 29.1 Å². The van der Waals surface area contributed by atoms with E-state index in [1.807, 2.05) is 45.9 Å². The molecule has 0 unspecified atom stereocenters. The molecule has 28 heavy (non-hydrogen) atoms. The van der Waals surface area contributed by atoms with E-state index in [1.54, 1.807) is 11.6 Å². The second-order valence-corrected chi connectivity index (χ2v) is 7.07. The number of aryl methyl sites for hydroxylation is 3. The number of aromatic amines is 1. The molecule has 7 heteroatoms. The fourth-order valence-electron chi connectivity index (χ4n) is 3.24. The number of hydrogen-bond acceptors (Lipinski definition) is 4. The van der Waals surface area contributed by atoms with E-state index < -0.39 is 0 Å². The molecule has 2 heterocycles. The SMILES string of the molecule is Cc1cc(=O)[nH]c(-n2nc(C)c(CCC(=O)Nc3cccc(C)c3C)c2C)n1. The van der Waals surface area contributed by atoms with Crippen LogP contribution in [0.2, 0.25) is 0 Å². The zero-order valence-corrected chi connectivity index (χ0v) is 16.9. The van der Waals surface area contributed by atoms with Gasteiger partial charge in [-0.2, -0.15) is 5.10 Å². The van der Waals surface area contributed by atoms with E-state index in [1.165, 1.54) is 6.07 Å². The van der Waals surface area contributed by atoms with Gasteiger partial charge in [-0.05, 0) is 63.8 Å². The van der Waals surface area contributed by atoms with Crippen LogP contribution in [-0.4, -0.2) is 25.7 Å². The first-order chi connectivity index (χ1) is 13.3. The standard InChI is InChI=1S/C21H25N5O2/c1-12-7-6-8-18(14(12)3)23-19(27)10-9-17-15(4)25-26(16(17)5)21-22-13(2)11-20(28)24-21/h6-8,11H,9-10H2,1-5H3,(H,23,27)(H,22,24,28). The molecular weight excluding hydrogens is 354 g/mol. The van der Waals surface area contributed by atoms with Gasteiger partial charge in [0.15, 0.2) is 0 Å². The number of benzene rings is 1. The molecule has 0 radical (unpaired) electrons. The highest BCUT2D eigenvalue weighted by Crippen LogP contribution is 2.20. The molecule has 1 amide bonds. The van der Waals surface area contributed by atoms with Gasteiger partial charge in [-0.1, -0.05) is 12.1 Å². The Labute approximate surface area is 163 Å². The molecule has 0 saturated carbocycles. The molecule has 0 spiro atoms. The van der Waals surface area contributed by atoms with Crippen molar-refractivity contribution < 1.29 is 4.79 Å². The first kappa shape index (κ1) is 19.5. The smallest absolute Gasteiger partial charge is 0.252 e. The number of anilines is 1. The molecule has 0 fully saturated rings. The maximum atomic E-state index is 12.4. The minimum atomic E-state index is -0.218. The number of nitrogens with zero attached hydrogens (tertiary/aromatic N) is 3. The van der Waals surface area contributed by atoms with Gasteiger partial charge in [0.2, 0.25) is 11.9 Å². The Morgan fingerprint density at radius 3 is 2.64 bits per heavy atom.